The maximum atomic E-state index is 5.67. The summed E-state index contributed by atoms with van der Waals surface area (Å²) in [6.45, 7) is 0. The number of benzene rings is 1. The highest BCUT2D eigenvalue weighted by Crippen LogP contribution is 2.24. The van der Waals surface area contributed by atoms with Crippen molar-refractivity contribution < 1.29 is 4.42 Å². The number of oxazole rings is 1. The second-order valence-electron chi connectivity index (χ2n) is 5.13. The Morgan fingerprint density at radius 2 is 1.83 bits per heavy atom. The third-order valence-electron chi connectivity index (χ3n) is 3.16. The monoisotopic (exact) mass is 307 g/mol. The number of hydrazone groups is 1. The van der Waals surface area contributed by atoms with Gasteiger partial charge in [0.2, 0.25) is 0 Å². The van der Waals surface area contributed by atoms with Crippen LogP contribution in [0.5, 0.6) is 0 Å². The Bertz CT molecular complexity index is 778. The minimum absolute atomic E-state index is 0.587. The van der Waals surface area contributed by atoms with Gasteiger partial charge >= 0.3 is 0 Å². The molecular formula is C17H17N5O. The lowest BCUT2D eigenvalue weighted by Crippen LogP contribution is -2.08. The van der Waals surface area contributed by atoms with Crippen LogP contribution >= 0.6 is 0 Å². The van der Waals surface area contributed by atoms with E-state index in [1.54, 1.807) is 24.8 Å². The molecular weight excluding hydrogens is 290 g/mol. The fourth-order valence-corrected chi connectivity index (χ4v) is 1.95. The van der Waals surface area contributed by atoms with Gasteiger partial charge in [0, 0.05) is 32.1 Å². The smallest absolute Gasteiger partial charge is 0.297 e. The standard InChI is InChI=1S/C17H17N5O/c1-22(2)17-19-12-16(23-17)14-3-5-15(6-4-14)21-20-11-13-7-9-18-10-8-13/h3-12,21H,1-2H3. The molecule has 0 aliphatic rings. The molecule has 2 aromatic heterocycles. The number of hydrogen-bond donors (Lipinski definition) is 1. The predicted molar refractivity (Wildman–Crippen MR) is 91.7 cm³/mol. The van der Waals surface area contributed by atoms with Crippen molar-refractivity contribution in [3.63, 3.8) is 0 Å². The second-order valence-corrected chi connectivity index (χ2v) is 5.13. The van der Waals surface area contributed by atoms with Crippen LogP contribution in [0.15, 0.2) is 64.5 Å². The highest BCUT2D eigenvalue weighted by molar-refractivity contribution is 5.79. The van der Waals surface area contributed by atoms with Crippen LogP contribution in [0.4, 0.5) is 11.7 Å². The topological polar surface area (TPSA) is 66.6 Å². The van der Waals surface area contributed by atoms with Gasteiger partial charge in [-0.2, -0.15) is 5.10 Å². The molecule has 0 atom stereocenters. The van der Waals surface area contributed by atoms with E-state index in [9.17, 15) is 0 Å². The molecule has 0 unspecified atom stereocenters. The van der Waals surface area contributed by atoms with E-state index in [0.717, 1.165) is 22.6 Å². The molecule has 23 heavy (non-hydrogen) atoms. The van der Waals surface area contributed by atoms with Crippen molar-refractivity contribution in [3.05, 3.63) is 60.6 Å². The summed E-state index contributed by atoms with van der Waals surface area (Å²) in [4.78, 5) is 10.0. The van der Waals surface area contributed by atoms with E-state index >= 15 is 0 Å². The van der Waals surface area contributed by atoms with E-state index in [1.165, 1.54) is 0 Å². The molecule has 0 bridgehead atoms. The summed E-state index contributed by atoms with van der Waals surface area (Å²) in [6.07, 6.45) is 6.93. The Balaban J connectivity index is 1.66. The van der Waals surface area contributed by atoms with Crippen molar-refractivity contribution in [2.24, 2.45) is 5.10 Å². The zero-order chi connectivity index (χ0) is 16.1. The number of hydrogen-bond acceptors (Lipinski definition) is 6. The van der Waals surface area contributed by atoms with Gasteiger partial charge in [0.1, 0.15) is 0 Å². The first-order valence-electron chi connectivity index (χ1n) is 7.15. The van der Waals surface area contributed by atoms with Crippen LogP contribution in [-0.2, 0) is 0 Å². The quantitative estimate of drug-likeness (QED) is 0.579. The largest absolute Gasteiger partial charge is 0.423 e. The number of nitrogens with zero attached hydrogens (tertiary/aromatic N) is 4. The molecule has 2 heterocycles. The highest BCUT2D eigenvalue weighted by atomic mass is 16.4. The van der Waals surface area contributed by atoms with Gasteiger partial charge in [-0.1, -0.05) is 0 Å². The van der Waals surface area contributed by atoms with Crippen molar-refractivity contribution in [2.75, 3.05) is 24.4 Å². The lowest BCUT2D eigenvalue weighted by atomic mass is 10.2. The minimum atomic E-state index is 0.587. The molecule has 0 saturated heterocycles. The van der Waals surface area contributed by atoms with Crippen LogP contribution in [0.25, 0.3) is 11.3 Å². The summed E-state index contributed by atoms with van der Waals surface area (Å²) in [5, 5.41) is 4.20. The van der Waals surface area contributed by atoms with Crippen LogP contribution in [0, 0.1) is 0 Å². The summed E-state index contributed by atoms with van der Waals surface area (Å²) >= 11 is 0. The molecule has 3 rings (SSSR count). The molecule has 0 saturated carbocycles. The van der Waals surface area contributed by atoms with Crippen LogP contribution in [-0.4, -0.2) is 30.3 Å². The summed E-state index contributed by atoms with van der Waals surface area (Å²) < 4.78 is 5.67. The molecule has 0 fully saturated rings. The van der Waals surface area contributed by atoms with Gasteiger partial charge in [0.05, 0.1) is 18.1 Å². The van der Waals surface area contributed by atoms with Gasteiger partial charge in [-0.15, -0.1) is 0 Å². The van der Waals surface area contributed by atoms with Gasteiger partial charge in [-0.25, -0.2) is 4.98 Å². The van der Waals surface area contributed by atoms with E-state index in [0.29, 0.717) is 6.01 Å². The molecule has 0 radical (unpaired) electrons. The first kappa shape index (κ1) is 14.8. The number of anilines is 2. The molecule has 0 aliphatic heterocycles. The molecule has 0 amide bonds. The maximum absolute atomic E-state index is 5.67. The predicted octanol–water partition coefficient (Wildman–Crippen LogP) is 3.25. The lowest BCUT2D eigenvalue weighted by molar-refractivity contribution is 0.569. The van der Waals surface area contributed by atoms with Crippen molar-refractivity contribution in [1.82, 2.24) is 9.97 Å². The van der Waals surface area contributed by atoms with Gasteiger partial charge in [-0.05, 0) is 42.0 Å². The van der Waals surface area contributed by atoms with E-state index in [1.807, 2.05) is 55.4 Å². The van der Waals surface area contributed by atoms with Crippen molar-refractivity contribution in [2.45, 2.75) is 0 Å². The molecule has 6 heteroatoms. The molecule has 1 N–H and O–H groups in total. The maximum Gasteiger partial charge on any atom is 0.297 e. The third kappa shape index (κ3) is 3.74. The van der Waals surface area contributed by atoms with E-state index in [2.05, 4.69) is 20.5 Å². The summed E-state index contributed by atoms with van der Waals surface area (Å²) in [5.41, 5.74) is 5.84. The van der Waals surface area contributed by atoms with E-state index in [-0.39, 0.29) is 0 Å². The number of rotatable bonds is 5. The fourth-order valence-electron chi connectivity index (χ4n) is 1.95. The van der Waals surface area contributed by atoms with Crippen LogP contribution in [0.2, 0.25) is 0 Å². The highest BCUT2D eigenvalue weighted by Gasteiger charge is 2.07. The van der Waals surface area contributed by atoms with Gasteiger partial charge < -0.3 is 9.32 Å². The molecule has 0 aliphatic carbocycles. The normalized spacial score (nSPS) is 10.9. The summed E-state index contributed by atoms with van der Waals surface area (Å²) in [5.74, 6) is 0.737. The molecule has 6 nitrogen and oxygen atoms in total. The number of aromatic nitrogens is 2. The average molecular weight is 307 g/mol. The fraction of sp³-hybridized carbons (Fsp3) is 0.118. The van der Waals surface area contributed by atoms with Crippen molar-refractivity contribution >= 4 is 17.9 Å². The number of nitrogens with one attached hydrogen (secondary N) is 1. The Hall–Kier alpha value is -3.15. The molecule has 0 spiro atoms. The second kappa shape index (κ2) is 6.74. The van der Waals surface area contributed by atoms with Crippen molar-refractivity contribution in [3.8, 4) is 11.3 Å². The van der Waals surface area contributed by atoms with Crippen LogP contribution in [0.3, 0.4) is 0 Å². The lowest BCUT2D eigenvalue weighted by Gasteiger charge is -2.04. The Morgan fingerprint density at radius 3 is 2.48 bits per heavy atom. The zero-order valence-corrected chi connectivity index (χ0v) is 13.0. The van der Waals surface area contributed by atoms with Gasteiger partial charge in [-0.3, -0.25) is 10.4 Å². The average Bonchev–Trinajstić information content (AvgIpc) is 3.07. The summed E-state index contributed by atoms with van der Waals surface area (Å²) in [6, 6.07) is 12.2. The van der Waals surface area contributed by atoms with Crippen molar-refractivity contribution in [1.29, 1.82) is 0 Å². The SMILES string of the molecule is CN(C)c1ncc(-c2ccc(NN=Cc3ccncc3)cc2)o1. The van der Waals surface area contributed by atoms with Gasteiger partial charge in [0.25, 0.3) is 6.01 Å². The number of pyridine rings is 1. The van der Waals surface area contributed by atoms with Crippen LogP contribution in [0.1, 0.15) is 5.56 Å². The first-order chi connectivity index (χ1) is 11.2. The van der Waals surface area contributed by atoms with E-state index < -0.39 is 0 Å². The minimum Gasteiger partial charge on any atom is -0.423 e. The zero-order valence-electron chi connectivity index (χ0n) is 13.0. The Morgan fingerprint density at radius 1 is 1.09 bits per heavy atom. The van der Waals surface area contributed by atoms with E-state index in [4.69, 9.17) is 4.42 Å². The third-order valence-corrected chi connectivity index (χ3v) is 3.16. The summed E-state index contributed by atoms with van der Waals surface area (Å²) in [7, 11) is 3.78. The molecule has 116 valence electrons. The molecule has 1 aromatic carbocycles. The van der Waals surface area contributed by atoms with Gasteiger partial charge in [0.15, 0.2) is 5.76 Å². The Labute approximate surface area is 134 Å². The van der Waals surface area contributed by atoms with Crippen LogP contribution < -0.4 is 10.3 Å². The first-order valence-corrected chi connectivity index (χ1v) is 7.15. The Kier molecular flexibility index (Phi) is 4.33. The molecule has 3 aromatic rings.